The van der Waals surface area contributed by atoms with Crippen molar-refractivity contribution in [3.8, 4) is 0 Å². The van der Waals surface area contributed by atoms with Crippen molar-refractivity contribution in [1.29, 1.82) is 0 Å². The second-order valence-electron chi connectivity index (χ2n) is 6.43. The number of aliphatic hydroxyl groups is 1. The molecule has 5 heteroatoms. The molecule has 0 spiro atoms. The van der Waals surface area contributed by atoms with E-state index < -0.39 is 17.1 Å². The van der Waals surface area contributed by atoms with Crippen molar-refractivity contribution in [3.63, 3.8) is 0 Å². The van der Waals surface area contributed by atoms with Crippen molar-refractivity contribution in [2.24, 2.45) is 0 Å². The summed E-state index contributed by atoms with van der Waals surface area (Å²) in [5, 5.41) is 20.9. The highest BCUT2D eigenvalue weighted by Crippen LogP contribution is 2.12. The van der Waals surface area contributed by atoms with E-state index in [2.05, 4.69) is 19.1 Å². The standard InChI is InChI=1S/C20H34NO4/c1-2-3-4-5-6-7-8-9-10-11-12-13-17-20(23)19(21(24)25)16-14-15-18-22/h9-10,12-13,19-20,23H,2-8,11,14-17H2,1H3/b10-9-,13-12-. The normalized spacial score (nSPS) is 14.2. The number of rotatable bonds is 17. The topological polar surface area (TPSA) is 80.4 Å². The fraction of sp³-hybridized carbons (Fsp3) is 0.750. The first-order valence-corrected chi connectivity index (χ1v) is 9.60. The highest BCUT2D eigenvalue weighted by molar-refractivity contribution is 5.50. The Bertz CT molecular complexity index is 393. The smallest absolute Gasteiger partial charge is 0.238 e. The molecule has 2 unspecified atom stereocenters. The van der Waals surface area contributed by atoms with Crippen LogP contribution in [0.1, 0.15) is 84.0 Å². The first kappa shape index (κ1) is 23.5. The summed E-state index contributed by atoms with van der Waals surface area (Å²) in [7, 11) is 0. The minimum absolute atomic E-state index is 0.177. The van der Waals surface area contributed by atoms with Crippen LogP contribution in [0.3, 0.4) is 0 Å². The summed E-state index contributed by atoms with van der Waals surface area (Å²) in [4.78, 5) is 20.7. The monoisotopic (exact) mass is 352 g/mol. The first-order valence-electron chi connectivity index (χ1n) is 9.60. The molecule has 0 amide bonds. The van der Waals surface area contributed by atoms with Gasteiger partial charge in [0.05, 0.1) is 0 Å². The Labute approximate surface area is 152 Å². The van der Waals surface area contributed by atoms with Crippen molar-refractivity contribution in [2.45, 2.75) is 96.1 Å². The van der Waals surface area contributed by atoms with E-state index >= 15 is 0 Å². The van der Waals surface area contributed by atoms with Crippen LogP contribution in [-0.4, -0.2) is 28.5 Å². The third-order valence-corrected chi connectivity index (χ3v) is 4.20. The molecule has 0 aliphatic carbocycles. The van der Waals surface area contributed by atoms with Gasteiger partial charge in [0, 0.05) is 17.8 Å². The summed E-state index contributed by atoms with van der Waals surface area (Å²) in [5.74, 6) is 0. The molecule has 0 aromatic carbocycles. The van der Waals surface area contributed by atoms with Gasteiger partial charge in [0.25, 0.3) is 0 Å². The number of aliphatic hydroxyl groups excluding tert-OH is 1. The van der Waals surface area contributed by atoms with Gasteiger partial charge < -0.3 is 5.11 Å². The van der Waals surface area contributed by atoms with Gasteiger partial charge in [-0.05, 0) is 32.1 Å². The van der Waals surface area contributed by atoms with Crippen LogP contribution in [0.5, 0.6) is 0 Å². The zero-order chi connectivity index (χ0) is 18.8. The van der Waals surface area contributed by atoms with Gasteiger partial charge >= 0.3 is 0 Å². The lowest BCUT2D eigenvalue weighted by atomic mass is 10.0. The van der Waals surface area contributed by atoms with Crippen molar-refractivity contribution < 1.29 is 14.8 Å². The van der Waals surface area contributed by atoms with E-state index in [1.165, 1.54) is 38.5 Å². The molecule has 0 aromatic heterocycles. The van der Waals surface area contributed by atoms with Gasteiger partial charge in [0.1, 0.15) is 6.10 Å². The molecule has 0 aliphatic heterocycles. The molecule has 0 rings (SSSR count). The highest BCUT2D eigenvalue weighted by atomic mass is 16.6. The van der Waals surface area contributed by atoms with Gasteiger partial charge in [-0.1, -0.05) is 63.3 Å². The zero-order valence-corrected chi connectivity index (χ0v) is 15.6. The van der Waals surface area contributed by atoms with E-state index in [4.69, 9.17) is 0 Å². The molecular weight excluding hydrogens is 318 g/mol. The van der Waals surface area contributed by atoms with Crippen molar-refractivity contribution in [2.75, 3.05) is 0 Å². The quantitative estimate of drug-likeness (QED) is 0.174. The summed E-state index contributed by atoms with van der Waals surface area (Å²) < 4.78 is 0. The number of hydrogen-bond acceptors (Lipinski definition) is 4. The molecule has 1 radical (unpaired) electrons. The van der Waals surface area contributed by atoms with E-state index in [0.717, 1.165) is 12.8 Å². The summed E-state index contributed by atoms with van der Waals surface area (Å²) >= 11 is 0. The van der Waals surface area contributed by atoms with Crippen LogP contribution in [0.25, 0.3) is 0 Å². The molecule has 0 bridgehead atoms. The lowest BCUT2D eigenvalue weighted by Gasteiger charge is -2.13. The van der Waals surface area contributed by atoms with Crippen molar-refractivity contribution in [1.82, 2.24) is 0 Å². The molecule has 0 saturated heterocycles. The fourth-order valence-electron chi connectivity index (χ4n) is 2.65. The second kappa shape index (κ2) is 17.3. The van der Waals surface area contributed by atoms with Crippen molar-refractivity contribution >= 4 is 6.29 Å². The fourth-order valence-corrected chi connectivity index (χ4v) is 2.65. The Balaban J connectivity index is 3.81. The Morgan fingerprint density at radius 1 is 1.04 bits per heavy atom. The van der Waals surface area contributed by atoms with Gasteiger partial charge in [0.15, 0.2) is 6.29 Å². The molecular formula is C20H34NO4. The minimum Gasteiger partial charge on any atom is -0.386 e. The highest BCUT2D eigenvalue weighted by Gasteiger charge is 2.28. The van der Waals surface area contributed by atoms with Crippen molar-refractivity contribution in [3.05, 3.63) is 34.4 Å². The molecule has 0 saturated carbocycles. The van der Waals surface area contributed by atoms with Gasteiger partial charge in [-0.3, -0.25) is 14.9 Å². The Morgan fingerprint density at radius 2 is 1.72 bits per heavy atom. The lowest BCUT2D eigenvalue weighted by Crippen LogP contribution is -2.33. The predicted molar refractivity (Wildman–Crippen MR) is 102 cm³/mol. The number of hydrogen-bond donors (Lipinski definition) is 1. The lowest BCUT2D eigenvalue weighted by molar-refractivity contribution is -0.535. The van der Waals surface area contributed by atoms with Crippen LogP contribution in [0.2, 0.25) is 0 Å². The van der Waals surface area contributed by atoms with Gasteiger partial charge in [-0.25, -0.2) is 0 Å². The van der Waals surface area contributed by atoms with E-state index in [0.29, 0.717) is 6.42 Å². The summed E-state index contributed by atoms with van der Waals surface area (Å²) in [6.07, 6.45) is 19.4. The molecule has 1 N–H and O–H groups in total. The molecule has 0 fully saturated rings. The number of carbonyl (C=O) groups excluding carboxylic acids is 1. The Kier molecular flexibility index (Phi) is 16.3. The van der Waals surface area contributed by atoms with E-state index in [1.807, 2.05) is 6.08 Å². The summed E-state index contributed by atoms with van der Waals surface area (Å²) in [6, 6.07) is -1.01. The van der Waals surface area contributed by atoms with E-state index in [-0.39, 0.29) is 19.3 Å². The maximum absolute atomic E-state index is 11.0. The number of unbranched alkanes of at least 4 members (excludes halogenated alkanes) is 7. The van der Waals surface area contributed by atoms with Crippen LogP contribution in [0.4, 0.5) is 0 Å². The SMILES string of the molecule is CCCCCCCC/C=C\C/C=C\CC(O)C(CCC[C]=O)[N+](=O)[O-]. The third-order valence-electron chi connectivity index (χ3n) is 4.20. The molecule has 143 valence electrons. The molecule has 0 heterocycles. The summed E-state index contributed by atoms with van der Waals surface area (Å²) in [5.41, 5.74) is 0. The third kappa shape index (κ3) is 14.6. The molecule has 5 nitrogen and oxygen atoms in total. The largest absolute Gasteiger partial charge is 0.386 e. The number of nitro groups is 1. The summed E-state index contributed by atoms with van der Waals surface area (Å²) in [6.45, 7) is 2.22. The zero-order valence-electron chi connectivity index (χ0n) is 15.6. The number of allylic oxidation sites excluding steroid dienone is 3. The second-order valence-corrected chi connectivity index (χ2v) is 6.43. The van der Waals surface area contributed by atoms with Gasteiger partial charge in [-0.15, -0.1) is 0 Å². The van der Waals surface area contributed by atoms with E-state index in [1.54, 1.807) is 12.4 Å². The maximum atomic E-state index is 11.0. The van der Waals surface area contributed by atoms with Crippen LogP contribution in [-0.2, 0) is 4.79 Å². The first-order chi connectivity index (χ1) is 12.1. The molecule has 0 aliphatic rings. The molecule has 0 aromatic rings. The van der Waals surface area contributed by atoms with Crippen LogP contribution in [0.15, 0.2) is 24.3 Å². The molecule has 25 heavy (non-hydrogen) atoms. The average molecular weight is 352 g/mol. The van der Waals surface area contributed by atoms with Crippen LogP contribution >= 0.6 is 0 Å². The van der Waals surface area contributed by atoms with E-state index in [9.17, 15) is 20.0 Å². The Morgan fingerprint density at radius 3 is 2.40 bits per heavy atom. The Hall–Kier alpha value is -1.49. The maximum Gasteiger partial charge on any atom is 0.238 e. The van der Waals surface area contributed by atoms with Crippen LogP contribution < -0.4 is 0 Å². The van der Waals surface area contributed by atoms with Gasteiger partial charge in [-0.2, -0.15) is 0 Å². The van der Waals surface area contributed by atoms with Gasteiger partial charge in [0.2, 0.25) is 6.04 Å². The predicted octanol–water partition coefficient (Wildman–Crippen LogP) is 4.92. The van der Waals surface area contributed by atoms with Crippen LogP contribution in [0, 0.1) is 10.1 Å². The number of nitrogens with zero attached hydrogens (tertiary/aromatic N) is 1. The molecule has 2 atom stereocenters. The average Bonchev–Trinajstić information content (AvgIpc) is 2.59. The minimum atomic E-state index is -1.01.